The van der Waals surface area contributed by atoms with Crippen LogP contribution in [0, 0.1) is 319 Å². The molecule has 0 heterocycles. The summed E-state index contributed by atoms with van der Waals surface area (Å²) in [6.07, 6.45) is 87.0. The van der Waals surface area contributed by atoms with Gasteiger partial charge in [-0.15, -0.1) is 0 Å². The minimum absolute atomic E-state index is 0. The Balaban J connectivity index is 0.00000371. The van der Waals surface area contributed by atoms with Crippen LogP contribution in [0.2, 0.25) is 0 Å². The first-order valence-electron chi connectivity index (χ1n) is 36.9. The zero-order valence-electron chi connectivity index (χ0n) is 65.1. The standard InChI is InChI=1S/C58H84N7O16S5.5C5H5.5Fe/c59-61-60-47-58(66)65(31-41-86(75,76)46-36-81-52-57-19-9-10-20-57)26-25-62(21-23-63(27-37-82(67,68)42-32-77-48-53-11-1-2-12-53)28-38-83(69,70)43-33-78-49-54-13-3-4-14-54)22-24-64(29-39-84(71,72)44-34-79-50-55-15-5-6-16-55)30-40-85(73,74)45-35-80-51-56-17-7-8-18-56;5*1-2-4-5-3-1;;;;;/h1-20H,21-52H2;5*1-5H;;;;;/q;;;;;;5*+2. The fourth-order valence-corrected chi connectivity index (χ4v) is 15.8. The van der Waals surface area contributed by atoms with Gasteiger partial charge in [0.25, 0.3) is 0 Å². The molecule has 0 unspecified atom stereocenters. The average Bonchev–Trinajstić information content (AvgIpc) is 1.74. The number of amides is 1. The van der Waals surface area contributed by atoms with Gasteiger partial charge >= 0.3 is 85.3 Å². The molecule has 0 aliphatic heterocycles. The van der Waals surface area contributed by atoms with E-state index in [-0.39, 0.29) is 275 Å². The first kappa shape index (κ1) is 117. The molecule has 632 valence electrons. The van der Waals surface area contributed by atoms with E-state index in [2.05, 4.69) is 10.0 Å². The molecule has 10 aliphatic carbocycles. The van der Waals surface area contributed by atoms with Crippen LogP contribution in [0.15, 0.2) is 5.11 Å². The van der Waals surface area contributed by atoms with Crippen LogP contribution in [0.5, 0.6) is 0 Å². The number of carbonyl (C=O) groups excluding carboxylic acids is 1. The van der Waals surface area contributed by atoms with E-state index in [4.69, 9.17) is 29.2 Å². The van der Waals surface area contributed by atoms with Crippen LogP contribution in [-0.4, -0.2) is 270 Å². The van der Waals surface area contributed by atoms with E-state index in [1.165, 1.54) is 4.90 Å². The van der Waals surface area contributed by atoms with Crippen molar-refractivity contribution in [2.24, 2.45) is 5.11 Å². The summed E-state index contributed by atoms with van der Waals surface area (Å²) in [5, 5.41) is 3.43. The second-order valence-corrected chi connectivity index (χ2v) is 37.1. The van der Waals surface area contributed by atoms with Crippen molar-refractivity contribution in [3.8, 4) is 0 Å². The van der Waals surface area contributed by atoms with E-state index in [0.717, 1.165) is 29.6 Å². The van der Waals surface area contributed by atoms with E-state index in [1.807, 2.05) is 294 Å². The summed E-state index contributed by atoms with van der Waals surface area (Å²) in [6.45, 7) is -0.00329. The fraction of sp³-hybridized carbons (Fsp3) is 0.386. The van der Waals surface area contributed by atoms with Crippen molar-refractivity contribution in [3.05, 3.63) is 329 Å². The molecule has 0 N–H and O–H groups in total. The molecule has 0 spiro atoms. The van der Waals surface area contributed by atoms with Gasteiger partial charge in [-0.05, 0) is 294 Å². The Labute approximate surface area is 760 Å². The van der Waals surface area contributed by atoms with Crippen molar-refractivity contribution >= 4 is 55.1 Å². The van der Waals surface area contributed by atoms with Gasteiger partial charge in [0.05, 0.1) is 124 Å². The summed E-state index contributed by atoms with van der Waals surface area (Å²) in [7, 11) is -18.7. The largest absolute Gasteiger partial charge is 2.00 e. The zero-order chi connectivity index (χ0) is 79.7. The Kier molecular flexibility index (Phi) is 73.3. The molecule has 10 fully saturated rings. The third kappa shape index (κ3) is 62.9. The van der Waals surface area contributed by atoms with Crippen LogP contribution in [0.4, 0.5) is 0 Å². The van der Waals surface area contributed by atoms with Gasteiger partial charge in [-0.25, -0.2) is 42.1 Å². The number of nitrogens with zero attached hydrogens (tertiary/aromatic N) is 7. The SMILES string of the molecule is [CH]1[CH][CH][CH][CH]1.[CH]1[CH][CH][CH][CH]1.[CH]1[CH][CH][CH][CH]1.[CH]1[CH][CH][CH][CH]1.[CH]1[CH][CH][CH][CH]1.[Fe+2].[Fe+2].[Fe+2].[Fe+2].[Fe+2].[N-]=[N+]=NCC(=O)N(CCN(CCN(CCS(=O)(=O)CCOC[C]1[CH][CH][CH][CH]1)CCS(=O)(=O)CCOC[C]1[CH][CH][CH][CH]1)CCN(CCS(=O)(=O)CCOC[C]1[CH][CH][CH][CH]1)CCS(=O)(=O)CCOC[C]1[CH][CH][CH][CH]1)CCS(=O)(=O)CCOC[C]1[CH][CH][CH][CH]1. The number of hydrogen-bond acceptors (Lipinski definition) is 20. The number of carbonyl (C=O) groups is 1. The predicted molar refractivity (Wildman–Crippen MR) is 437 cm³/mol. The fourth-order valence-electron chi connectivity index (χ4n) is 10.3. The van der Waals surface area contributed by atoms with Gasteiger partial charge in [-0.1, -0.05) is 5.11 Å². The van der Waals surface area contributed by atoms with Crippen LogP contribution >= 0.6 is 0 Å². The first-order chi connectivity index (χ1) is 53.7. The second-order valence-electron chi connectivity index (χ2n) is 25.6. The Morgan fingerprint density at radius 2 is 0.431 bits per heavy atom. The Morgan fingerprint density at radius 3 is 0.621 bits per heavy atom. The van der Waals surface area contributed by atoms with E-state index >= 15 is 0 Å². The summed E-state index contributed by atoms with van der Waals surface area (Å²) in [5.41, 5.74) is 9.13. The van der Waals surface area contributed by atoms with Gasteiger partial charge in [-0.3, -0.25) is 9.69 Å². The molecule has 0 aromatic heterocycles. The normalized spacial score (nSPS) is 18.9. The van der Waals surface area contributed by atoms with Gasteiger partial charge in [0.1, 0.15) is 6.54 Å². The molecule has 10 rings (SSSR count). The number of sulfone groups is 5. The number of ether oxygens (including phenoxy) is 5. The maximum absolute atomic E-state index is 13.6. The van der Waals surface area contributed by atoms with Gasteiger partial charge in [0.2, 0.25) is 5.91 Å². The van der Waals surface area contributed by atoms with Crippen molar-refractivity contribution in [2.45, 2.75) is 0 Å². The predicted octanol–water partition coefficient (Wildman–Crippen LogP) is 6.31. The minimum atomic E-state index is -3.78. The number of rotatable bonds is 51. The molecule has 0 atom stereocenters. The Bertz CT molecular complexity index is 2650. The molecular weight excluding hydrogens is 1790 g/mol. The van der Waals surface area contributed by atoms with Crippen molar-refractivity contribution in [1.82, 2.24) is 19.6 Å². The van der Waals surface area contributed by atoms with Crippen molar-refractivity contribution in [3.63, 3.8) is 0 Å². The van der Waals surface area contributed by atoms with Crippen LogP contribution in [0.3, 0.4) is 0 Å². The third-order valence-corrected chi connectivity index (χ3v) is 24.8. The summed E-state index contributed by atoms with van der Waals surface area (Å²) in [4.78, 5) is 22.9. The van der Waals surface area contributed by atoms with Gasteiger partial charge in [0, 0.05) is 106 Å². The third-order valence-electron chi connectivity index (χ3n) is 16.8. The topological polar surface area (TPSA) is 296 Å². The maximum atomic E-state index is 13.6. The monoisotopic (exact) mass is 1900 g/mol. The molecule has 0 aromatic carbocycles. The van der Waals surface area contributed by atoms with Crippen LogP contribution in [0.1, 0.15) is 0 Å². The van der Waals surface area contributed by atoms with Crippen LogP contribution in [0.25, 0.3) is 10.4 Å². The van der Waals surface area contributed by atoms with Crippen molar-refractivity contribution in [2.75, 3.05) is 202 Å². The molecular formula is C83H109Fe5N7O16S5+10. The van der Waals surface area contributed by atoms with E-state index in [9.17, 15) is 46.9 Å². The average molecular weight is 1900 g/mol. The van der Waals surface area contributed by atoms with Gasteiger partial charge in [-0.2, -0.15) is 0 Å². The molecule has 0 aromatic rings. The number of hydrogen-bond donors (Lipinski definition) is 0. The summed E-state index contributed by atoms with van der Waals surface area (Å²) >= 11 is 0. The minimum Gasteiger partial charge on any atom is -0.380 e. The van der Waals surface area contributed by atoms with Crippen LogP contribution < -0.4 is 0 Å². The van der Waals surface area contributed by atoms with Gasteiger partial charge < -0.3 is 38.4 Å². The molecule has 10 saturated carbocycles. The second kappa shape index (κ2) is 72.8. The van der Waals surface area contributed by atoms with Crippen molar-refractivity contribution in [1.29, 1.82) is 0 Å². The number of azide groups is 1. The molecule has 50 radical (unpaired) electrons. The van der Waals surface area contributed by atoms with E-state index < -0.39 is 67.4 Å². The zero-order valence-corrected chi connectivity index (χ0v) is 74.7. The van der Waals surface area contributed by atoms with Gasteiger partial charge in [0.15, 0.2) is 49.2 Å². The Morgan fingerprint density at radius 1 is 0.259 bits per heavy atom. The molecule has 33 heteroatoms. The molecule has 0 saturated heterocycles. The summed E-state index contributed by atoms with van der Waals surface area (Å²) < 4.78 is 163. The Hall–Kier alpha value is 0.807. The molecule has 10 aliphatic rings. The van der Waals surface area contributed by atoms with Crippen molar-refractivity contribution < 1.29 is 156 Å². The molecule has 0 bridgehead atoms. The van der Waals surface area contributed by atoms with E-state index in [1.54, 1.807) is 9.80 Å². The molecule has 1 amide bonds. The maximum Gasteiger partial charge on any atom is 2.00 e. The quantitative estimate of drug-likeness (QED) is 0.0212. The van der Waals surface area contributed by atoms with E-state index in [0.29, 0.717) is 0 Å². The summed E-state index contributed by atoms with van der Waals surface area (Å²) in [6, 6.07) is 0. The molecule has 23 nitrogen and oxygen atoms in total. The smallest absolute Gasteiger partial charge is 0.380 e. The summed E-state index contributed by atoms with van der Waals surface area (Å²) in [5.74, 6) is 0.548. The molecule has 116 heavy (non-hydrogen) atoms. The first-order valence-corrected chi connectivity index (χ1v) is 46.0. The van der Waals surface area contributed by atoms with Crippen LogP contribution in [-0.2, 0) is 163 Å².